The van der Waals surface area contributed by atoms with Crippen molar-refractivity contribution >= 4 is 11.9 Å². The van der Waals surface area contributed by atoms with Crippen LogP contribution in [0, 0.1) is 5.82 Å². The van der Waals surface area contributed by atoms with Crippen molar-refractivity contribution in [3.05, 3.63) is 35.6 Å². The summed E-state index contributed by atoms with van der Waals surface area (Å²) in [6.07, 6.45) is -0.416. The van der Waals surface area contributed by atoms with Crippen molar-refractivity contribution in [1.29, 1.82) is 0 Å². The van der Waals surface area contributed by atoms with Crippen LogP contribution in [-0.2, 0) is 14.3 Å². The maximum absolute atomic E-state index is 13.3. The standard InChI is InChI=1S/C15H20FNO4/c1-15(2,3)21-14(20)13(11(17)8-12(18)19)9-5-4-6-10(16)7-9/h4-7,11,13H,8,17H2,1-3H3,(H,18,19)/t11-,13+/m0/s1. The lowest BCUT2D eigenvalue weighted by Crippen LogP contribution is -2.39. The van der Waals surface area contributed by atoms with Gasteiger partial charge in [0.25, 0.3) is 0 Å². The van der Waals surface area contributed by atoms with E-state index >= 15 is 0 Å². The van der Waals surface area contributed by atoms with E-state index < -0.39 is 41.7 Å². The van der Waals surface area contributed by atoms with Gasteiger partial charge in [-0.1, -0.05) is 12.1 Å². The zero-order chi connectivity index (χ0) is 16.2. The van der Waals surface area contributed by atoms with Crippen molar-refractivity contribution in [2.75, 3.05) is 0 Å². The van der Waals surface area contributed by atoms with Crippen LogP contribution in [0.25, 0.3) is 0 Å². The summed E-state index contributed by atoms with van der Waals surface area (Å²) in [5.41, 5.74) is 5.38. The van der Waals surface area contributed by atoms with E-state index in [0.717, 1.165) is 6.07 Å². The number of ether oxygens (including phenoxy) is 1. The first-order valence-electron chi connectivity index (χ1n) is 6.56. The second-order valence-electron chi connectivity index (χ2n) is 5.83. The third-order valence-electron chi connectivity index (χ3n) is 2.71. The van der Waals surface area contributed by atoms with Gasteiger partial charge in [0.1, 0.15) is 11.4 Å². The van der Waals surface area contributed by atoms with Crippen LogP contribution in [0.15, 0.2) is 24.3 Å². The van der Waals surface area contributed by atoms with Gasteiger partial charge in [-0.15, -0.1) is 0 Å². The van der Waals surface area contributed by atoms with E-state index in [1.807, 2.05) is 0 Å². The number of esters is 1. The average Bonchev–Trinajstić information content (AvgIpc) is 2.25. The van der Waals surface area contributed by atoms with Crippen LogP contribution in [0.4, 0.5) is 4.39 Å². The van der Waals surface area contributed by atoms with Gasteiger partial charge < -0.3 is 15.6 Å². The molecule has 0 heterocycles. The number of carboxylic acids is 1. The maximum atomic E-state index is 13.3. The second-order valence-corrected chi connectivity index (χ2v) is 5.83. The number of hydrogen-bond donors (Lipinski definition) is 2. The molecule has 0 amide bonds. The Hall–Kier alpha value is -1.95. The fraction of sp³-hybridized carbons (Fsp3) is 0.467. The van der Waals surface area contributed by atoms with Crippen LogP contribution < -0.4 is 5.73 Å². The summed E-state index contributed by atoms with van der Waals surface area (Å²) in [5.74, 6) is -3.35. The largest absolute Gasteiger partial charge is 0.481 e. The van der Waals surface area contributed by atoms with Crippen LogP contribution >= 0.6 is 0 Å². The summed E-state index contributed by atoms with van der Waals surface area (Å²) < 4.78 is 18.6. The lowest BCUT2D eigenvalue weighted by molar-refractivity contribution is -0.157. The highest BCUT2D eigenvalue weighted by atomic mass is 19.1. The number of halogens is 1. The Balaban J connectivity index is 3.10. The molecule has 21 heavy (non-hydrogen) atoms. The van der Waals surface area contributed by atoms with Crippen molar-refractivity contribution in [2.45, 2.75) is 44.8 Å². The molecule has 1 aromatic carbocycles. The number of benzene rings is 1. The van der Waals surface area contributed by atoms with Gasteiger partial charge in [0, 0.05) is 6.04 Å². The Bertz CT molecular complexity index is 525. The fourth-order valence-corrected chi connectivity index (χ4v) is 1.94. The van der Waals surface area contributed by atoms with Gasteiger partial charge >= 0.3 is 11.9 Å². The van der Waals surface area contributed by atoms with Gasteiger partial charge in [-0.05, 0) is 38.5 Å². The van der Waals surface area contributed by atoms with Gasteiger partial charge in [0.15, 0.2) is 0 Å². The highest BCUT2D eigenvalue weighted by molar-refractivity contribution is 5.81. The normalized spacial score (nSPS) is 14.3. The molecule has 2 atom stereocenters. The molecule has 3 N–H and O–H groups in total. The molecule has 116 valence electrons. The molecular weight excluding hydrogens is 277 g/mol. The lowest BCUT2D eigenvalue weighted by Gasteiger charge is -2.27. The van der Waals surface area contributed by atoms with Crippen LogP contribution in [0.3, 0.4) is 0 Å². The van der Waals surface area contributed by atoms with Crippen LogP contribution in [0.5, 0.6) is 0 Å². The van der Waals surface area contributed by atoms with Gasteiger partial charge in [0.05, 0.1) is 12.3 Å². The number of carbonyl (C=O) groups excluding carboxylic acids is 1. The number of hydrogen-bond acceptors (Lipinski definition) is 4. The van der Waals surface area contributed by atoms with Crippen LogP contribution in [-0.4, -0.2) is 28.7 Å². The minimum Gasteiger partial charge on any atom is -0.481 e. The lowest BCUT2D eigenvalue weighted by atomic mass is 9.89. The fourth-order valence-electron chi connectivity index (χ4n) is 1.94. The van der Waals surface area contributed by atoms with E-state index in [1.165, 1.54) is 18.2 Å². The summed E-state index contributed by atoms with van der Waals surface area (Å²) in [7, 11) is 0. The minimum absolute atomic E-state index is 0.304. The topological polar surface area (TPSA) is 89.6 Å². The molecule has 0 aliphatic carbocycles. The Morgan fingerprint density at radius 3 is 2.48 bits per heavy atom. The quantitative estimate of drug-likeness (QED) is 0.812. The molecule has 0 fully saturated rings. The van der Waals surface area contributed by atoms with E-state index in [-0.39, 0.29) is 0 Å². The molecule has 6 heteroatoms. The predicted octanol–water partition coefficient (Wildman–Crippen LogP) is 2.05. The molecule has 1 aromatic rings. The molecule has 5 nitrogen and oxygen atoms in total. The second kappa shape index (κ2) is 6.67. The smallest absolute Gasteiger partial charge is 0.315 e. The van der Waals surface area contributed by atoms with Gasteiger partial charge in [-0.25, -0.2) is 4.39 Å². The minimum atomic E-state index is -1.13. The first kappa shape index (κ1) is 17.1. The van der Waals surface area contributed by atoms with Crippen molar-refractivity contribution in [2.24, 2.45) is 5.73 Å². The molecular formula is C15H20FNO4. The maximum Gasteiger partial charge on any atom is 0.315 e. The van der Waals surface area contributed by atoms with Gasteiger partial charge in [0.2, 0.25) is 0 Å². The van der Waals surface area contributed by atoms with E-state index in [9.17, 15) is 14.0 Å². The number of carboxylic acid groups (broad SMARTS) is 1. The third-order valence-corrected chi connectivity index (χ3v) is 2.71. The Kier molecular flexibility index (Phi) is 5.43. The molecule has 0 bridgehead atoms. The Labute approximate surface area is 122 Å². The highest BCUT2D eigenvalue weighted by Crippen LogP contribution is 2.25. The number of rotatable bonds is 5. The van der Waals surface area contributed by atoms with E-state index in [0.29, 0.717) is 5.56 Å². The van der Waals surface area contributed by atoms with Crippen LogP contribution in [0.1, 0.15) is 38.7 Å². The summed E-state index contributed by atoms with van der Waals surface area (Å²) in [5, 5.41) is 8.84. The van der Waals surface area contributed by atoms with Crippen molar-refractivity contribution in [3.8, 4) is 0 Å². The van der Waals surface area contributed by atoms with Crippen molar-refractivity contribution < 1.29 is 23.8 Å². The Morgan fingerprint density at radius 1 is 1.38 bits per heavy atom. The molecule has 0 saturated carbocycles. The van der Waals surface area contributed by atoms with Crippen molar-refractivity contribution in [3.63, 3.8) is 0 Å². The summed E-state index contributed by atoms with van der Waals surface area (Å²) in [6, 6.07) is 4.36. The highest BCUT2D eigenvalue weighted by Gasteiger charge is 2.33. The summed E-state index contributed by atoms with van der Waals surface area (Å²) in [4.78, 5) is 23.1. The van der Waals surface area contributed by atoms with Gasteiger partial charge in [-0.3, -0.25) is 9.59 Å². The molecule has 0 spiro atoms. The monoisotopic (exact) mass is 297 g/mol. The average molecular weight is 297 g/mol. The SMILES string of the molecule is CC(C)(C)OC(=O)[C@H](c1cccc(F)c1)[C@@H](N)CC(=O)O. The van der Waals surface area contributed by atoms with E-state index in [4.69, 9.17) is 15.6 Å². The molecule has 0 radical (unpaired) electrons. The molecule has 1 rings (SSSR count). The zero-order valence-corrected chi connectivity index (χ0v) is 12.3. The molecule has 0 aromatic heterocycles. The summed E-state index contributed by atoms with van der Waals surface area (Å²) >= 11 is 0. The number of aliphatic carboxylic acids is 1. The van der Waals surface area contributed by atoms with Gasteiger partial charge in [-0.2, -0.15) is 0 Å². The third kappa shape index (κ3) is 5.51. The molecule has 0 unspecified atom stereocenters. The predicted molar refractivity (Wildman–Crippen MR) is 75.2 cm³/mol. The summed E-state index contributed by atoms with van der Waals surface area (Å²) in [6.45, 7) is 5.07. The van der Waals surface area contributed by atoms with Crippen LogP contribution in [0.2, 0.25) is 0 Å². The molecule has 0 aliphatic heterocycles. The van der Waals surface area contributed by atoms with E-state index in [2.05, 4.69) is 0 Å². The molecule has 0 saturated heterocycles. The molecule has 0 aliphatic rings. The first-order valence-corrected chi connectivity index (χ1v) is 6.56. The zero-order valence-electron chi connectivity index (χ0n) is 12.3. The Morgan fingerprint density at radius 2 is 2.00 bits per heavy atom. The number of carbonyl (C=O) groups is 2. The van der Waals surface area contributed by atoms with E-state index in [1.54, 1.807) is 20.8 Å². The van der Waals surface area contributed by atoms with Crippen molar-refractivity contribution in [1.82, 2.24) is 0 Å². The first-order chi connectivity index (χ1) is 9.60. The number of nitrogens with two attached hydrogens (primary N) is 1.